The summed E-state index contributed by atoms with van der Waals surface area (Å²) < 4.78 is 0.878. The van der Waals surface area contributed by atoms with Gasteiger partial charge in [0.2, 0.25) is 5.91 Å². The molecule has 4 nitrogen and oxygen atoms in total. The Balaban J connectivity index is 1.96. The number of carbonyl (C=O) groups excluding carboxylic acids is 1. The van der Waals surface area contributed by atoms with Crippen molar-refractivity contribution in [1.29, 1.82) is 0 Å². The topological polar surface area (TPSA) is 54.0 Å². The van der Waals surface area contributed by atoms with Gasteiger partial charge in [-0.2, -0.15) is 0 Å². The Hall–Kier alpha value is -1.10. The average molecular weight is 298 g/mol. The highest BCUT2D eigenvalue weighted by molar-refractivity contribution is 9.10. The molecule has 5 heteroatoms. The molecule has 1 aliphatic rings. The van der Waals surface area contributed by atoms with E-state index in [2.05, 4.69) is 31.5 Å². The number of rotatable bonds is 4. The quantitative estimate of drug-likeness (QED) is 0.896. The van der Waals surface area contributed by atoms with Crippen molar-refractivity contribution < 1.29 is 4.79 Å². The number of nitrogens with zero attached hydrogens (tertiary/aromatic N) is 1. The summed E-state index contributed by atoms with van der Waals surface area (Å²) in [6.07, 6.45) is 3.98. The van der Waals surface area contributed by atoms with E-state index >= 15 is 0 Å². The molecule has 17 heavy (non-hydrogen) atoms. The molecule has 2 N–H and O–H groups in total. The van der Waals surface area contributed by atoms with Gasteiger partial charge in [-0.15, -0.1) is 0 Å². The zero-order valence-corrected chi connectivity index (χ0v) is 11.5. The van der Waals surface area contributed by atoms with Crippen molar-refractivity contribution >= 4 is 27.7 Å². The number of anilines is 1. The van der Waals surface area contributed by atoms with Crippen LogP contribution in [-0.2, 0) is 4.79 Å². The number of amides is 1. The molecule has 0 aliphatic heterocycles. The number of halogens is 1. The number of pyridine rings is 1. The molecule has 1 atom stereocenters. The van der Waals surface area contributed by atoms with Crippen LogP contribution in [0.3, 0.4) is 0 Å². The molecular formula is C12H16BrN3O. The molecule has 0 aromatic carbocycles. The summed E-state index contributed by atoms with van der Waals surface area (Å²) in [6.45, 7) is 3.82. The summed E-state index contributed by atoms with van der Waals surface area (Å²) in [4.78, 5) is 16.0. The number of aromatic nitrogens is 1. The third-order valence-electron chi connectivity index (χ3n) is 2.65. The summed E-state index contributed by atoms with van der Waals surface area (Å²) in [7, 11) is 0. The van der Waals surface area contributed by atoms with E-state index in [0.29, 0.717) is 11.9 Å². The van der Waals surface area contributed by atoms with Crippen LogP contribution in [0.25, 0.3) is 0 Å². The van der Waals surface area contributed by atoms with Gasteiger partial charge in [0.15, 0.2) is 0 Å². The number of nitrogens with one attached hydrogen (secondary N) is 2. The van der Waals surface area contributed by atoms with Crippen molar-refractivity contribution in [2.45, 2.75) is 38.8 Å². The number of aryl methyl sites for hydroxylation is 1. The molecule has 0 radical (unpaired) electrons. The highest BCUT2D eigenvalue weighted by atomic mass is 79.9. The summed E-state index contributed by atoms with van der Waals surface area (Å²) in [5.74, 6) is 0.732. The minimum Gasteiger partial charge on any atom is -0.358 e. The Morgan fingerprint density at radius 3 is 2.88 bits per heavy atom. The fraction of sp³-hybridized carbons (Fsp3) is 0.500. The first kappa shape index (κ1) is 12.4. The first-order valence-electron chi connectivity index (χ1n) is 5.75. The molecule has 1 saturated carbocycles. The van der Waals surface area contributed by atoms with Crippen LogP contribution in [-0.4, -0.2) is 23.0 Å². The Morgan fingerprint density at radius 1 is 1.59 bits per heavy atom. The van der Waals surface area contributed by atoms with E-state index in [1.165, 1.54) is 0 Å². The fourth-order valence-electron chi connectivity index (χ4n) is 1.46. The standard InChI is InChI=1S/C12H16BrN3O/c1-7-5-10(13)11(14-6-7)15-8(2)12(17)16-9-3-4-9/h5-6,8-9H,3-4H2,1-2H3,(H,14,15)(H,16,17). The van der Waals surface area contributed by atoms with Crippen LogP contribution >= 0.6 is 15.9 Å². The minimum atomic E-state index is -0.276. The molecule has 2 rings (SSSR count). The van der Waals surface area contributed by atoms with Crippen LogP contribution in [0.4, 0.5) is 5.82 Å². The maximum Gasteiger partial charge on any atom is 0.242 e. The molecule has 0 saturated heterocycles. The Bertz CT molecular complexity index is 432. The van der Waals surface area contributed by atoms with Crippen molar-refractivity contribution in [3.8, 4) is 0 Å². The lowest BCUT2D eigenvalue weighted by Gasteiger charge is -2.15. The van der Waals surface area contributed by atoms with Crippen LogP contribution in [0.5, 0.6) is 0 Å². The van der Waals surface area contributed by atoms with Gasteiger partial charge in [0, 0.05) is 12.2 Å². The summed E-state index contributed by atoms with van der Waals surface area (Å²) >= 11 is 3.43. The molecule has 1 fully saturated rings. The van der Waals surface area contributed by atoms with Crippen LogP contribution in [0.2, 0.25) is 0 Å². The Morgan fingerprint density at radius 2 is 2.29 bits per heavy atom. The van der Waals surface area contributed by atoms with Crippen molar-refractivity contribution in [1.82, 2.24) is 10.3 Å². The van der Waals surface area contributed by atoms with Crippen LogP contribution in [0.1, 0.15) is 25.3 Å². The molecule has 1 amide bonds. The van der Waals surface area contributed by atoms with Gasteiger partial charge in [-0.05, 0) is 54.2 Å². The normalized spacial score (nSPS) is 16.4. The van der Waals surface area contributed by atoms with E-state index in [1.807, 2.05) is 19.9 Å². The van der Waals surface area contributed by atoms with Gasteiger partial charge in [0.1, 0.15) is 11.9 Å². The van der Waals surface area contributed by atoms with E-state index in [9.17, 15) is 4.79 Å². The first-order chi connectivity index (χ1) is 8.06. The minimum absolute atomic E-state index is 0.0294. The zero-order chi connectivity index (χ0) is 12.4. The third kappa shape index (κ3) is 3.43. The highest BCUT2D eigenvalue weighted by Crippen LogP contribution is 2.22. The highest BCUT2D eigenvalue weighted by Gasteiger charge is 2.25. The van der Waals surface area contributed by atoms with Gasteiger partial charge in [0.05, 0.1) is 4.47 Å². The monoisotopic (exact) mass is 297 g/mol. The van der Waals surface area contributed by atoms with Crippen LogP contribution in [0.15, 0.2) is 16.7 Å². The third-order valence-corrected chi connectivity index (χ3v) is 3.25. The second kappa shape index (κ2) is 5.04. The second-order valence-corrected chi connectivity index (χ2v) is 5.35. The number of hydrogen-bond acceptors (Lipinski definition) is 3. The summed E-state index contributed by atoms with van der Waals surface area (Å²) in [5.41, 5.74) is 1.08. The molecule has 1 heterocycles. The van der Waals surface area contributed by atoms with E-state index in [1.54, 1.807) is 6.20 Å². The van der Waals surface area contributed by atoms with Gasteiger partial charge in [-0.25, -0.2) is 4.98 Å². The Labute approximate surface area is 109 Å². The van der Waals surface area contributed by atoms with Crippen molar-refractivity contribution in [3.05, 3.63) is 22.3 Å². The molecule has 1 aliphatic carbocycles. The van der Waals surface area contributed by atoms with Gasteiger partial charge < -0.3 is 10.6 Å². The predicted octanol–water partition coefficient (Wildman–Crippen LogP) is 2.23. The lowest BCUT2D eigenvalue weighted by atomic mass is 10.3. The summed E-state index contributed by atoms with van der Waals surface area (Å²) in [6, 6.07) is 2.09. The SMILES string of the molecule is Cc1cnc(NC(C)C(=O)NC2CC2)c(Br)c1. The van der Waals surface area contributed by atoms with E-state index in [0.717, 1.165) is 22.9 Å². The molecule has 0 spiro atoms. The molecular weight excluding hydrogens is 282 g/mol. The predicted molar refractivity (Wildman–Crippen MR) is 70.9 cm³/mol. The maximum absolute atomic E-state index is 11.8. The smallest absolute Gasteiger partial charge is 0.242 e. The number of carbonyl (C=O) groups is 1. The fourth-order valence-corrected chi connectivity index (χ4v) is 2.04. The van der Waals surface area contributed by atoms with Crippen molar-refractivity contribution in [2.24, 2.45) is 0 Å². The molecule has 1 aromatic heterocycles. The van der Waals surface area contributed by atoms with Gasteiger partial charge in [-0.1, -0.05) is 0 Å². The van der Waals surface area contributed by atoms with Crippen molar-refractivity contribution in [3.63, 3.8) is 0 Å². The number of hydrogen-bond donors (Lipinski definition) is 2. The maximum atomic E-state index is 11.8. The van der Waals surface area contributed by atoms with Gasteiger partial charge in [0.25, 0.3) is 0 Å². The first-order valence-corrected chi connectivity index (χ1v) is 6.54. The van der Waals surface area contributed by atoms with E-state index in [-0.39, 0.29) is 11.9 Å². The molecule has 0 bridgehead atoms. The van der Waals surface area contributed by atoms with E-state index < -0.39 is 0 Å². The Kier molecular flexibility index (Phi) is 3.66. The lowest BCUT2D eigenvalue weighted by Crippen LogP contribution is -2.38. The van der Waals surface area contributed by atoms with Gasteiger partial charge >= 0.3 is 0 Å². The molecule has 1 aromatic rings. The molecule has 92 valence electrons. The molecule has 1 unspecified atom stereocenters. The zero-order valence-electron chi connectivity index (χ0n) is 9.96. The average Bonchev–Trinajstić information content (AvgIpc) is 3.06. The largest absolute Gasteiger partial charge is 0.358 e. The van der Waals surface area contributed by atoms with Crippen LogP contribution in [0, 0.1) is 6.92 Å². The van der Waals surface area contributed by atoms with Crippen LogP contribution < -0.4 is 10.6 Å². The lowest BCUT2D eigenvalue weighted by molar-refractivity contribution is -0.121. The van der Waals surface area contributed by atoms with Gasteiger partial charge in [-0.3, -0.25) is 4.79 Å². The summed E-state index contributed by atoms with van der Waals surface area (Å²) in [5, 5.41) is 6.06. The van der Waals surface area contributed by atoms with E-state index in [4.69, 9.17) is 0 Å². The second-order valence-electron chi connectivity index (χ2n) is 4.49. The van der Waals surface area contributed by atoms with Crippen molar-refractivity contribution in [2.75, 3.05) is 5.32 Å².